The van der Waals surface area contributed by atoms with Crippen LogP contribution in [0.2, 0.25) is 30.5 Å². The number of hydrogen-bond acceptors (Lipinski definition) is 3. The molecule has 2 aromatic carbocycles. The number of aryl methyl sites for hydroxylation is 2. The molecule has 0 aliphatic carbocycles. The number of carbonyl (C=O) groups is 2. The molecule has 1 aliphatic heterocycles. The van der Waals surface area contributed by atoms with E-state index in [1.807, 2.05) is 24.3 Å². The van der Waals surface area contributed by atoms with Gasteiger partial charge < -0.3 is 0 Å². The first kappa shape index (κ1) is 35.5. The predicted molar refractivity (Wildman–Crippen MR) is 178 cm³/mol. The van der Waals surface area contributed by atoms with Gasteiger partial charge in [-0.05, 0) is 6.07 Å². The summed E-state index contributed by atoms with van der Waals surface area (Å²) in [5.41, 5.74) is 7.66. The number of amides is 2. The number of hydrogen-bond donors (Lipinski definition) is 1. The first-order valence-corrected chi connectivity index (χ1v) is 19.1. The molecule has 2 atom stereocenters. The van der Waals surface area contributed by atoms with E-state index < -0.39 is 0 Å². The zero-order chi connectivity index (χ0) is 30.6. The molecule has 0 saturated carbocycles. The minimum atomic E-state index is -0.00830. The van der Waals surface area contributed by atoms with Crippen molar-refractivity contribution in [1.82, 2.24) is 9.80 Å². The molecule has 0 bridgehead atoms. The quantitative estimate of drug-likeness (QED) is 0.150. The number of nitrogens with zero attached hydrogens (tertiary/aromatic N) is 2. The van der Waals surface area contributed by atoms with E-state index in [0.717, 1.165) is 48.6 Å². The summed E-state index contributed by atoms with van der Waals surface area (Å²) in [6.45, 7) is 6.25. The van der Waals surface area contributed by atoms with Crippen LogP contribution in [-0.2, 0) is 22.4 Å². The summed E-state index contributed by atoms with van der Waals surface area (Å²) >= 11 is 24.9. The van der Waals surface area contributed by atoms with Crippen molar-refractivity contribution < 1.29 is 9.59 Å². The summed E-state index contributed by atoms with van der Waals surface area (Å²) in [7, 11) is 0. The Morgan fingerprint density at radius 2 is 1.33 bits per heavy atom. The van der Waals surface area contributed by atoms with Gasteiger partial charge in [0.1, 0.15) is 0 Å². The number of halogens is 4. The van der Waals surface area contributed by atoms with Gasteiger partial charge in [0.2, 0.25) is 0 Å². The Balaban J connectivity index is 1.73. The molecule has 1 aliphatic rings. The zero-order valence-corrected chi connectivity index (χ0v) is 29.5. The molecule has 5 nitrogen and oxygen atoms in total. The Morgan fingerprint density at radius 3 is 1.83 bits per heavy atom. The fourth-order valence-electron chi connectivity index (χ4n) is 5.54. The predicted octanol–water partition coefficient (Wildman–Crippen LogP) is 7.99. The van der Waals surface area contributed by atoms with E-state index in [9.17, 15) is 9.59 Å². The van der Waals surface area contributed by atoms with Crippen LogP contribution in [0, 0.1) is 5.92 Å². The molecule has 1 radical (unpaired) electrons. The van der Waals surface area contributed by atoms with Crippen molar-refractivity contribution in [3.05, 3.63) is 67.6 Å². The summed E-state index contributed by atoms with van der Waals surface area (Å²) in [6.07, 6.45) is 5.93. The van der Waals surface area contributed by atoms with Crippen molar-refractivity contribution in [2.75, 3.05) is 19.6 Å². The van der Waals surface area contributed by atoms with Crippen molar-refractivity contribution in [3.8, 4) is 0 Å². The average molecular weight is 718 g/mol. The molecule has 2 amide bonds. The van der Waals surface area contributed by atoms with E-state index in [-0.39, 0.29) is 23.9 Å². The van der Waals surface area contributed by atoms with Gasteiger partial charge in [0.25, 0.3) is 0 Å². The molecule has 231 valence electrons. The van der Waals surface area contributed by atoms with Gasteiger partial charge in [-0.25, -0.2) is 0 Å². The van der Waals surface area contributed by atoms with Crippen LogP contribution in [0.15, 0.2) is 36.4 Å². The van der Waals surface area contributed by atoms with Gasteiger partial charge in [-0.3, -0.25) is 0 Å². The third-order valence-electron chi connectivity index (χ3n) is 7.69. The van der Waals surface area contributed by atoms with Crippen LogP contribution < -0.4 is 5.73 Å². The van der Waals surface area contributed by atoms with Crippen LogP contribution in [0.4, 0.5) is 0 Å². The van der Waals surface area contributed by atoms with Gasteiger partial charge in [0.05, 0.1) is 15.1 Å². The van der Waals surface area contributed by atoms with Crippen molar-refractivity contribution >= 4 is 74.0 Å². The number of rotatable bonds is 15. The number of nitrogens with two attached hydrogens (primary N) is 1. The van der Waals surface area contributed by atoms with E-state index >= 15 is 0 Å². The number of piperazine rings is 1. The first-order valence-electron chi connectivity index (χ1n) is 14.9. The maximum absolute atomic E-state index is 13.7. The Morgan fingerprint density at radius 1 is 0.810 bits per heavy atom. The second kappa shape index (κ2) is 18.1. The van der Waals surface area contributed by atoms with Crippen LogP contribution in [-0.4, -0.2) is 69.1 Å². The number of carbonyl (C=O) groups excluding carboxylic acids is 2. The molecule has 0 aromatic heterocycles. The molecule has 0 spiro atoms. The summed E-state index contributed by atoms with van der Waals surface area (Å²) in [5.74, 6) is 0.667. The summed E-state index contributed by atoms with van der Waals surface area (Å²) < 4.78 is 0. The van der Waals surface area contributed by atoms with Crippen molar-refractivity contribution in [2.24, 2.45) is 11.7 Å². The molecule has 1 saturated heterocycles. The van der Waals surface area contributed by atoms with Crippen LogP contribution in [0.25, 0.3) is 0 Å². The summed E-state index contributed by atoms with van der Waals surface area (Å²) in [5, 5.41) is 4.39. The van der Waals surface area contributed by atoms with Gasteiger partial charge in [-0.15, -0.1) is 0 Å². The summed E-state index contributed by atoms with van der Waals surface area (Å²) in [6, 6.07) is 11.1. The van der Waals surface area contributed by atoms with Crippen LogP contribution in [0.5, 0.6) is 0 Å². The van der Waals surface area contributed by atoms with Crippen molar-refractivity contribution in [1.29, 1.82) is 0 Å². The minimum Gasteiger partial charge on any atom is -0.0827 e. The molecule has 2 aromatic rings. The van der Waals surface area contributed by atoms with Gasteiger partial charge in [0, 0.05) is 0 Å². The fraction of sp³-hybridized carbons (Fsp3) is 0.562. The second-order valence-corrected chi connectivity index (χ2v) is 15.9. The Kier molecular flexibility index (Phi) is 15.3. The Labute approximate surface area is 278 Å². The average Bonchev–Trinajstić information content (AvgIpc) is 2.95. The molecular formula is C32H43AsCl4N3O2. The standard InChI is InChI=1S/C32H43AsCl4N3O2/c1-22(2)17-26-21-39(31(41)12-8-23-6-10-27(34)29(36)18-23)25(5-3-4-14-33-15-16-38)20-40(26)32(42)13-9-24-7-11-28(35)30(37)19-24/h6-7,10-11,18-19,22,25-26H,3-5,8-9,12-17,20-21,38H2,1-2H3/t25-,26+/m0/s1. The van der Waals surface area contributed by atoms with E-state index in [1.165, 1.54) is 5.21 Å². The van der Waals surface area contributed by atoms with Crippen LogP contribution in [0.3, 0.4) is 0 Å². The van der Waals surface area contributed by atoms with Gasteiger partial charge in [-0.1, -0.05) is 46.4 Å². The molecule has 42 heavy (non-hydrogen) atoms. The molecule has 2 N–H and O–H groups in total. The van der Waals surface area contributed by atoms with Crippen LogP contribution >= 0.6 is 46.4 Å². The molecule has 1 fully saturated rings. The fourth-order valence-corrected chi connectivity index (χ4v) is 7.97. The zero-order valence-electron chi connectivity index (χ0n) is 24.6. The number of unbranched alkanes of at least 4 members (excludes halogenated alkanes) is 1. The smallest absolute Gasteiger partial charge is 0.0827 e. The number of benzene rings is 2. The molecular weight excluding hydrogens is 675 g/mol. The van der Waals surface area contributed by atoms with Crippen molar-refractivity contribution in [3.63, 3.8) is 0 Å². The molecule has 10 heteroatoms. The SMILES string of the molecule is CC(C)C[C@@H]1CN(C(=O)CCc2ccc(Cl)c(Cl)c2)[C@@H](CCCC[As]CCN)CN1C(=O)CCc1ccc(Cl)c(Cl)c1. The van der Waals surface area contributed by atoms with E-state index in [4.69, 9.17) is 52.1 Å². The third kappa shape index (κ3) is 11.2. The van der Waals surface area contributed by atoms with Gasteiger partial charge in [-0.2, -0.15) is 0 Å². The Bertz CT molecular complexity index is 1180. The van der Waals surface area contributed by atoms with E-state index in [0.29, 0.717) is 80.5 Å². The molecule has 1 heterocycles. The van der Waals surface area contributed by atoms with Crippen molar-refractivity contribution in [2.45, 2.75) is 87.7 Å². The normalized spacial score (nSPS) is 17.5. The van der Waals surface area contributed by atoms with Gasteiger partial charge >= 0.3 is 212 Å². The minimum absolute atomic E-state index is 0.00830. The second-order valence-electron chi connectivity index (χ2n) is 11.5. The van der Waals surface area contributed by atoms with Gasteiger partial charge in [0.15, 0.2) is 0 Å². The topological polar surface area (TPSA) is 66.6 Å². The molecule has 3 rings (SSSR count). The monoisotopic (exact) mass is 716 g/mol. The van der Waals surface area contributed by atoms with Crippen LogP contribution in [0.1, 0.15) is 63.5 Å². The third-order valence-corrected chi connectivity index (χ3v) is 11.7. The van der Waals surface area contributed by atoms with E-state index in [2.05, 4.69) is 23.6 Å². The van der Waals surface area contributed by atoms with E-state index in [1.54, 1.807) is 12.1 Å². The Hall–Kier alpha value is -0.942. The maximum atomic E-state index is 13.7. The summed E-state index contributed by atoms with van der Waals surface area (Å²) in [4.78, 5) is 31.5. The first-order chi connectivity index (χ1) is 20.1. The molecule has 0 unspecified atom stereocenters.